The molecule has 0 saturated carbocycles. The lowest BCUT2D eigenvalue weighted by Gasteiger charge is -2.29. The summed E-state index contributed by atoms with van der Waals surface area (Å²) < 4.78 is 4.46. The summed E-state index contributed by atoms with van der Waals surface area (Å²) in [6, 6.07) is -0.547. The lowest BCUT2D eigenvalue weighted by molar-refractivity contribution is -0.142. The molecule has 1 aliphatic rings. The highest BCUT2D eigenvalue weighted by Crippen LogP contribution is 2.24. The van der Waals surface area contributed by atoms with Crippen LogP contribution in [0.25, 0.3) is 0 Å². The van der Waals surface area contributed by atoms with E-state index in [1.165, 1.54) is 12.0 Å². The summed E-state index contributed by atoms with van der Waals surface area (Å²) in [7, 11) is 1.24. The van der Waals surface area contributed by atoms with Gasteiger partial charge in [0.1, 0.15) is 12.1 Å². The van der Waals surface area contributed by atoms with Crippen LogP contribution in [-0.2, 0) is 14.3 Å². The van der Waals surface area contributed by atoms with Gasteiger partial charge in [0, 0.05) is 0 Å². The van der Waals surface area contributed by atoms with Crippen molar-refractivity contribution in [3.63, 3.8) is 0 Å². The van der Waals surface area contributed by atoms with Gasteiger partial charge in [-0.25, -0.2) is 4.79 Å². The van der Waals surface area contributed by atoms with Crippen molar-refractivity contribution >= 4 is 17.9 Å². The first-order valence-corrected chi connectivity index (χ1v) is 4.65. The van der Waals surface area contributed by atoms with E-state index >= 15 is 0 Å². The van der Waals surface area contributed by atoms with E-state index in [1.807, 2.05) is 0 Å². The van der Waals surface area contributed by atoms with Crippen LogP contribution in [0.5, 0.6) is 0 Å². The van der Waals surface area contributed by atoms with E-state index in [-0.39, 0.29) is 12.5 Å². The smallest absolute Gasteiger partial charge is 0.325 e. The fraction of sp³-hybridized carbons (Fsp3) is 0.667. The summed E-state index contributed by atoms with van der Waals surface area (Å²) in [6.07, 6.45) is 0.446. The molecule has 1 N–H and O–H groups in total. The van der Waals surface area contributed by atoms with Crippen molar-refractivity contribution in [2.45, 2.75) is 25.8 Å². The van der Waals surface area contributed by atoms with Gasteiger partial charge in [-0.1, -0.05) is 6.92 Å². The lowest BCUT2D eigenvalue weighted by Crippen LogP contribution is -2.48. The molecule has 1 rings (SSSR count). The van der Waals surface area contributed by atoms with Crippen LogP contribution in [-0.4, -0.2) is 42.0 Å². The number of ether oxygens (including phenoxy) is 1. The Morgan fingerprint density at radius 2 is 2.13 bits per heavy atom. The van der Waals surface area contributed by atoms with Crippen LogP contribution in [0.2, 0.25) is 0 Å². The fourth-order valence-corrected chi connectivity index (χ4v) is 1.44. The number of nitrogens with zero attached hydrogens (tertiary/aromatic N) is 1. The lowest BCUT2D eigenvalue weighted by atomic mass is 9.97. The van der Waals surface area contributed by atoms with Crippen molar-refractivity contribution in [1.29, 1.82) is 0 Å². The predicted molar refractivity (Wildman–Crippen MR) is 51.0 cm³/mol. The highest BCUT2D eigenvalue weighted by Gasteiger charge is 2.48. The molecule has 6 heteroatoms. The maximum absolute atomic E-state index is 11.5. The molecule has 1 unspecified atom stereocenters. The molecule has 1 atom stereocenters. The number of imide groups is 1. The molecule has 1 fully saturated rings. The average molecular weight is 214 g/mol. The van der Waals surface area contributed by atoms with Crippen LogP contribution >= 0.6 is 0 Å². The number of hydrogen-bond donors (Lipinski definition) is 1. The zero-order chi connectivity index (χ0) is 11.6. The summed E-state index contributed by atoms with van der Waals surface area (Å²) in [5, 5.41) is 2.18. The zero-order valence-electron chi connectivity index (χ0n) is 8.99. The average Bonchev–Trinajstić information content (AvgIpc) is 2.42. The Bertz CT molecular complexity index is 315. The number of rotatable bonds is 3. The number of amides is 3. The molecule has 0 aromatic carbocycles. The van der Waals surface area contributed by atoms with E-state index in [0.29, 0.717) is 6.42 Å². The van der Waals surface area contributed by atoms with Gasteiger partial charge >= 0.3 is 12.0 Å². The maximum Gasteiger partial charge on any atom is 0.325 e. The van der Waals surface area contributed by atoms with Crippen molar-refractivity contribution in [2.75, 3.05) is 13.7 Å². The SMILES string of the molecule is CCC1(C)C(=O)NC(=O)N1CC(=O)OC. The largest absolute Gasteiger partial charge is 0.468 e. The van der Waals surface area contributed by atoms with Crippen molar-refractivity contribution in [3.05, 3.63) is 0 Å². The van der Waals surface area contributed by atoms with Gasteiger partial charge in [-0.3, -0.25) is 19.8 Å². The first-order chi connectivity index (χ1) is 6.95. The quantitative estimate of drug-likeness (QED) is 0.525. The second-order valence-electron chi connectivity index (χ2n) is 3.55. The van der Waals surface area contributed by atoms with Crippen molar-refractivity contribution in [1.82, 2.24) is 10.2 Å². The molecule has 0 aromatic rings. The Hall–Kier alpha value is -1.59. The summed E-state index contributed by atoms with van der Waals surface area (Å²) in [5.41, 5.74) is -0.953. The Labute approximate surface area is 87.6 Å². The standard InChI is InChI=1S/C9H14N2O4/c1-4-9(2)7(13)10-8(14)11(9)5-6(12)15-3/h4-5H2,1-3H3,(H,10,13,14). The van der Waals surface area contributed by atoms with Gasteiger partial charge in [0.15, 0.2) is 0 Å². The van der Waals surface area contributed by atoms with Gasteiger partial charge in [-0.15, -0.1) is 0 Å². The van der Waals surface area contributed by atoms with Crippen molar-refractivity contribution in [3.8, 4) is 0 Å². The van der Waals surface area contributed by atoms with E-state index in [0.717, 1.165) is 0 Å². The van der Waals surface area contributed by atoms with Crippen LogP contribution in [0.1, 0.15) is 20.3 Å². The third kappa shape index (κ3) is 1.79. The zero-order valence-corrected chi connectivity index (χ0v) is 8.99. The van der Waals surface area contributed by atoms with Crippen LogP contribution in [0, 0.1) is 0 Å². The van der Waals surface area contributed by atoms with E-state index in [1.54, 1.807) is 13.8 Å². The minimum Gasteiger partial charge on any atom is -0.468 e. The fourth-order valence-electron chi connectivity index (χ4n) is 1.44. The molecule has 1 saturated heterocycles. The third-order valence-electron chi connectivity index (χ3n) is 2.75. The summed E-state index contributed by atoms with van der Waals surface area (Å²) in [6.45, 7) is 3.19. The number of methoxy groups -OCH3 is 1. The van der Waals surface area contributed by atoms with E-state index < -0.39 is 17.5 Å². The van der Waals surface area contributed by atoms with Crippen LogP contribution in [0.15, 0.2) is 0 Å². The second kappa shape index (κ2) is 3.88. The Morgan fingerprint density at radius 1 is 1.53 bits per heavy atom. The molecule has 3 amide bonds. The Balaban J connectivity index is 2.89. The van der Waals surface area contributed by atoms with Gasteiger partial charge in [0.05, 0.1) is 7.11 Å². The van der Waals surface area contributed by atoms with E-state index in [9.17, 15) is 14.4 Å². The highest BCUT2D eigenvalue weighted by atomic mass is 16.5. The number of esters is 1. The van der Waals surface area contributed by atoms with Gasteiger partial charge in [0.2, 0.25) is 0 Å². The number of carbonyl (C=O) groups is 3. The molecule has 84 valence electrons. The van der Waals surface area contributed by atoms with Crippen LogP contribution in [0.3, 0.4) is 0 Å². The van der Waals surface area contributed by atoms with Crippen molar-refractivity contribution < 1.29 is 19.1 Å². The Morgan fingerprint density at radius 3 is 2.60 bits per heavy atom. The monoisotopic (exact) mass is 214 g/mol. The number of hydrogen-bond acceptors (Lipinski definition) is 4. The topological polar surface area (TPSA) is 75.7 Å². The van der Waals surface area contributed by atoms with Gasteiger partial charge < -0.3 is 4.74 Å². The first-order valence-electron chi connectivity index (χ1n) is 4.65. The molecule has 0 aromatic heterocycles. The number of carbonyl (C=O) groups excluding carboxylic acids is 3. The molecule has 1 heterocycles. The maximum atomic E-state index is 11.5. The molecule has 0 spiro atoms. The first kappa shape index (κ1) is 11.5. The molecule has 6 nitrogen and oxygen atoms in total. The number of nitrogens with one attached hydrogen (secondary N) is 1. The molecule has 1 aliphatic heterocycles. The summed E-state index contributed by atoms with van der Waals surface area (Å²) in [5.74, 6) is -0.918. The normalized spacial score (nSPS) is 25.4. The number of urea groups is 1. The molecule has 0 bridgehead atoms. The third-order valence-corrected chi connectivity index (χ3v) is 2.75. The summed E-state index contributed by atoms with van der Waals surface area (Å²) in [4.78, 5) is 35.2. The van der Waals surface area contributed by atoms with Gasteiger partial charge in [-0.05, 0) is 13.3 Å². The molecule has 0 radical (unpaired) electrons. The molecular weight excluding hydrogens is 200 g/mol. The predicted octanol–water partition coefficient (Wildman–Crippen LogP) is -0.120. The molecular formula is C9H14N2O4. The Kier molecular flexibility index (Phi) is 2.97. The highest BCUT2D eigenvalue weighted by molar-refractivity contribution is 6.07. The van der Waals surface area contributed by atoms with Gasteiger partial charge in [0.25, 0.3) is 5.91 Å². The minimum atomic E-state index is -0.953. The van der Waals surface area contributed by atoms with Gasteiger partial charge in [-0.2, -0.15) is 0 Å². The van der Waals surface area contributed by atoms with Crippen LogP contribution < -0.4 is 5.32 Å². The molecule has 0 aliphatic carbocycles. The van der Waals surface area contributed by atoms with Crippen molar-refractivity contribution in [2.24, 2.45) is 0 Å². The van der Waals surface area contributed by atoms with E-state index in [2.05, 4.69) is 10.1 Å². The minimum absolute atomic E-state index is 0.210. The molecule has 15 heavy (non-hydrogen) atoms. The van der Waals surface area contributed by atoms with Crippen LogP contribution in [0.4, 0.5) is 4.79 Å². The van der Waals surface area contributed by atoms with E-state index in [4.69, 9.17) is 0 Å². The second-order valence-corrected chi connectivity index (χ2v) is 3.55. The summed E-state index contributed by atoms with van der Waals surface area (Å²) >= 11 is 0.